The van der Waals surface area contributed by atoms with E-state index in [1.807, 2.05) is 36.4 Å². The van der Waals surface area contributed by atoms with Crippen LogP contribution in [0.4, 0.5) is 0 Å². The highest BCUT2D eigenvalue weighted by Gasteiger charge is 2.26. The minimum atomic E-state index is -0.234. The first-order valence-corrected chi connectivity index (χ1v) is 15.0. The molecule has 4 nitrogen and oxygen atoms in total. The van der Waals surface area contributed by atoms with E-state index < -0.39 is 0 Å². The molecule has 0 bridgehead atoms. The Labute approximate surface area is 235 Å². The lowest BCUT2D eigenvalue weighted by atomic mass is 9.87. The van der Waals surface area contributed by atoms with Crippen LogP contribution in [0.5, 0.6) is 0 Å². The summed E-state index contributed by atoms with van der Waals surface area (Å²) in [6, 6.07) is 20.3. The fraction of sp³-hybridized carbons (Fsp3) is 0.389. The van der Waals surface area contributed by atoms with Crippen LogP contribution in [-0.4, -0.2) is 24.1 Å². The molecule has 2 aliphatic carbocycles. The van der Waals surface area contributed by atoms with E-state index in [1.165, 1.54) is 0 Å². The summed E-state index contributed by atoms with van der Waals surface area (Å²) in [6.45, 7) is 4.54. The van der Waals surface area contributed by atoms with Crippen LogP contribution in [0.2, 0.25) is 0 Å². The molecule has 0 N–H and O–H groups in total. The third-order valence-electron chi connectivity index (χ3n) is 9.57. The minimum absolute atomic E-state index is 0.000762. The molecule has 0 radical (unpaired) electrons. The van der Waals surface area contributed by atoms with E-state index in [-0.39, 0.29) is 24.1 Å². The molecule has 0 unspecified atom stereocenters. The normalized spacial score (nSPS) is 23.6. The first-order chi connectivity index (χ1) is 19.5. The molecule has 2 aliphatic rings. The van der Waals surface area contributed by atoms with Gasteiger partial charge in [-0.3, -0.25) is 0 Å². The van der Waals surface area contributed by atoms with Crippen molar-refractivity contribution in [3.63, 3.8) is 0 Å². The molecule has 2 fully saturated rings. The average Bonchev–Trinajstić information content (AvgIpc) is 2.97. The third-order valence-corrected chi connectivity index (χ3v) is 9.57. The van der Waals surface area contributed by atoms with Crippen molar-refractivity contribution in [3.8, 4) is 0 Å². The molecule has 0 aromatic heterocycles. The van der Waals surface area contributed by atoms with Crippen molar-refractivity contribution in [1.29, 1.82) is 0 Å². The topological polar surface area (TPSA) is 52.6 Å². The Morgan fingerprint density at radius 3 is 1.25 bits per heavy atom. The van der Waals surface area contributed by atoms with Gasteiger partial charge in [-0.2, -0.15) is 0 Å². The number of carbonyl (C=O) groups excluding carboxylic acids is 2. The average molecular weight is 533 g/mol. The zero-order valence-corrected chi connectivity index (χ0v) is 23.4. The Kier molecular flexibility index (Phi) is 6.37. The molecule has 2 saturated carbocycles. The lowest BCUT2D eigenvalue weighted by molar-refractivity contribution is 0.0167. The van der Waals surface area contributed by atoms with Crippen LogP contribution in [-0.2, 0) is 9.47 Å². The van der Waals surface area contributed by atoms with Gasteiger partial charge in [-0.15, -0.1) is 0 Å². The highest BCUT2D eigenvalue weighted by Crippen LogP contribution is 2.42. The Bertz CT molecular complexity index is 1590. The van der Waals surface area contributed by atoms with Crippen LogP contribution in [0.25, 0.3) is 43.1 Å². The molecule has 5 aromatic carbocycles. The highest BCUT2D eigenvalue weighted by atomic mass is 16.5. The molecule has 0 saturated heterocycles. The lowest BCUT2D eigenvalue weighted by Crippen LogP contribution is -2.23. The summed E-state index contributed by atoms with van der Waals surface area (Å²) < 4.78 is 12.0. The van der Waals surface area contributed by atoms with Gasteiger partial charge in [0.2, 0.25) is 0 Å². The Hall–Kier alpha value is -3.66. The Balaban J connectivity index is 1.31. The van der Waals surface area contributed by atoms with Gasteiger partial charge in [-0.05, 0) is 118 Å². The van der Waals surface area contributed by atoms with Crippen molar-refractivity contribution in [1.82, 2.24) is 0 Å². The van der Waals surface area contributed by atoms with Crippen molar-refractivity contribution in [2.45, 2.75) is 77.4 Å². The molecule has 204 valence electrons. The second kappa shape index (κ2) is 10.1. The summed E-state index contributed by atoms with van der Waals surface area (Å²) in [5.74, 6) is 0.943. The minimum Gasteiger partial charge on any atom is -0.459 e. The highest BCUT2D eigenvalue weighted by molar-refractivity contribution is 6.35. The lowest BCUT2D eigenvalue weighted by Gasteiger charge is -2.26. The number of rotatable bonds is 4. The molecule has 0 amide bonds. The summed E-state index contributed by atoms with van der Waals surface area (Å²) in [5, 5.41) is 8.31. The first-order valence-electron chi connectivity index (χ1n) is 15.0. The van der Waals surface area contributed by atoms with Crippen LogP contribution in [0.3, 0.4) is 0 Å². The number of benzene rings is 5. The van der Waals surface area contributed by atoms with Crippen molar-refractivity contribution in [2.24, 2.45) is 11.8 Å². The van der Waals surface area contributed by atoms with Crippen LogP contribution in [0, 0.1) is 11.8 Å². The van der Waals surface area contributed by atoms with Gasteiger partial charge in [0.15, 0.2) is 0 Å². The monoisotopic (exact) mass is 532 g/mol. The third kappa shape index (κ3) is 4.29. The molecule has 5 aromatic rings. The summed E-state index contributed by atoms with van der Waals surface area (Å²) >= 11 is 0. The molecule has 0 spiro atoms. The van der Waals surface area contributed by atoms with E-state index >= 15 is 0 Å². The van der Waals surface area contributed by atoms with Crippen LogP contribution >= 0.6 is 0 Å². The number of hydrogen-bond acceptors (Lipinski definition) is 4. The van der Waals surface area contributed by atoms with Crippen molar-refractivity contribution in [2.75, 3.05) is 0 Å². The summed E-state index contributed by atoms with van der Waals surface area (Å²) in [6.07, 6.45) is 8.19. The quantitative estimate of drug-likeness (QED) is 0.131. The Morgan fingerprint density at radius 1 is 0.500 bits per heavy atom. The van der Waals surface area contributed by atoms with Gasteiger partial charge in [0.1, 0.15) is 12.2 Å². The fourth-order valence-electron chi connectivity index (χ4n) is 7.19. The summed E-state index contributed by atoms with van der Waals surface area (Å²) in [4.78, 5) is 26.8. The zero-order valence-electron chi connectivity index (χ0n) is 23.4. The molecular weight excluding hydrogens is 496 g/mol. The van der Waals surface area contributed by atoms with E-state index in [1.54, 1.807) is 0 Å². The van der Waals surface area contributed by atoms with Gasteiger partial charge in [0.05, 0.1) is 11.1 Å². The van der Waals surface area contributed by atoms with Crippen LogP contribution in [0.1, 0.15) is 85.9 Å². The predicted molar refractivity (Wildman–Crippen MR) is 161 cm³/mol. The van der Waals surface area contributed by atoms with Crippen molar-refractivity contribution >= 4 is 55.0 Å². The standard InChI is InChI=1S/C36H36O4/c1-21-9-13-23(14-10-21)39-35(37)31-19-17-29-26-6-4-8-28-32(36(38)40-24-15-11-22(2)12-16-24)20-18-30(34(26)28)25-5-3-7-27(31)33(25)29/h3-8,17-24H,9-16H2,1-2H3. The summed E-state index contributed by atoms with van der Waals surface area (Å²) in [5.41, 5.74) is 1.24. The molecular formula is C36H36O4. The van der Waals surface area contributed by atoms with E-state index in [4.69, 9.17) is 9.47 Å². The number of hydrogen-bond donors (Lipinski definition) is 0. The van der Waals surface area contributed by atoms with Crippen LogP contribution < -0.4 is 0 Å². The van der Waals surface area contributed by atoms with Crippen molar-refractivity contribution < 1.29 is 19.1 Å². The van der Waals surface area contributed by atoms with Gasteiger partial charge in [0, 0.05) is 0 Å². The maximum absolute atomic E-state index is 13.4. The molecule has 40 heavy (non-hydrogen) atoms. The molecule has 7 rings (SSSR count). The maximum Gasteiger partial charge on any atom is 0.339 e. The first kappa shape index (κ1) is 25.3. The molecule has 4 heteroatoms. The maximum atomic E-state index is 13.4. The molecule has 0 aliphatic heterocycles. The fourth-order valence-corrected chi connectivity index (χ4v) is 7.19. The van der Waals surface area contributed by atoms with Gasteiger partial charge in [-0.25, -0.2) is 9.59 Å². The number of ether oxygens (including phenoxy) is 2. The van der Waals surface area contributed by atoms with Gasteiger partial charge in [-0.1, -0.05) is 62.4 Å². The van der Waals surface area contributed by atoms with E-state index in [0.29, 0.717) is 23.0 Å². The number of fused-ring (bicyclic) bond motifs is 2. The van der Waals surface area contributed by atoms with Crippen LogP contribution in [0.15, 0.2) is 60.7 Å². The molecule has 0 atom stereocenters. The van der Waals surface area contributed by atoms with E-state index in [9.17, 15) is 9.59 Å². The van der Waals surface area contributed by atoms with E-state index in [2.05, 4.69) is 38.1 Å². The SMILES string of the molecule is CC1CCC(OC(=O)c2ccc3c4cccc5c(C(=O)OC6CCC(C)CC6)ccc(c6cccc2c63)c54)CC1. The second-order valence-electron chi connectivity index (χ2n) is 12.4. The van der Waals surface area contributed by atoms with Crippen molar-refractivity contribution in [3.05, 3.63) is 71.8 Å². The second-order valence-corrected chi connectivity index (χ2v) is 12.4. The smallest absolute Gasteiger partial charge is 0.339 e. The van der Waals surface area contributed by atoms with Gasteiger partial charge < -0.3 is 9.47 Å². The zero-order chi connectivity index (χ0) is 27.4. The van der Waals surface area contributed by atoms with Gasteiger partial charge in [0.25, 0.3) is 0 Å². The van der Waals surface area contributed by atoms with Gasteiger partial charge >= 0.3 is 11.9 Å². The predicted octanol–water partition coefficient (Wildman–Crippen LogP) is 9.21. The number of esters is 2. The van der Waals surface area contributed by atoms with E-state index in [0.717, 1.165) is 94.5 Å². The largest absolute Gasteiger partial charge is 0.459 e. The molecule has 0 heterocycles. The summed E-state index contributed by atoms with van der Waals surface area (Å²) in [7, 11) is 0. The number of carbonyl (C=O) groups is 2. The Morgan fingerprint density at radius 2 is 0.850 bits per heavy atom.